The van der Waals surface area contributed by atoms with Crippen molar-refractivity contribution in [2.75, 3.05) is 27.8 Å². The summed E-state index contributed by atoms with van der Waals surface area (Å²) in [6.45, 7) is 0.628. The van der Waals surface area contributed by atoms with E-state index in [1.54, 1.807) is 62.6 Å². The molecule has 0 saturated heterocycles. The lowest BCUT2D eigenvalue weighted by Gasteiger charge is -2.16. The second-order valence-corrected chi connectivity index (χ2v) is 6.27. The largest absolute Gasteiger partial charge is 0.497 e. The van der Waals surface area contributed by atoms with Crippen LogP contribution in [0, 0.1) is 0 Å². The molecule has 29 heavy (non-hydrogen) atoms. The molecule has 0 aliphatic heterocycles. The Morgan fingerprint density at radius 3 is 2.17 bits per heavy atom. The third kappa shape index (κ3) is 5.47. The molecule has 1 aromatic heterocycles. The van der Waals surface area contributed by atoms with Gasteiger partial charge >= 0.3 is 0 Å². The molecule has 0 fully saturated rings. The topological polar surface area (TPSA) is 86.9 Å². The van der Waals surface area contributed by atoms with Crippen LogP contribution in [0.15, 0.2) is 53.1 Å². The molecule has 3 rings (SSSR count). The standard InChI is InChI=1S/C21H23N3O5/c1-24(21(25)15-4-6-16(26-2)7-5-15)13-12-19-22-20(29-23-19)14-28-18-10-8-17(27-3)9-11-18/h4-11H,12-14H2,1-3H3. The van der Waals surface area contributed by atoms with Crippen LogP contribution in [0.1, 0.15) is 22.1 Å². The van der Waals surface area contributed by atoms with Crippen molar-refractivity contribution in [3.8, 4) is 17.2 Å². The van der Waals surface area contributed by atoms with Crippen LogP contribution in [0.2, 0.25) is 0 Å². The second-order valence-electron chi connectivity index (χ2n) is 6.27. The van der Waals surface area contributed by atoms with Crippen molar-refractivity contribution in [1.82, 2.24) is 15.0 Å². The molecule has 8 nitrogen and oxygen atoms in total. The molecule has 0 radical (unpaired) electrons. The monoisotopic (exact) mass is 397 g/mol. The van der Waals surface area contributed by atoms with Crippen molar-refractivity contribution < 1.29 is 23.5 Å². The predicted molar refractivity (Wildman–Crippen MR) is 105 cm³/mol. The quantitative estimate of drug-likeness (QED) is 0.548. The fourth-order valence-corrected chi connectivity index (χ4v) is 2.59. The maximum absolute atomic E-state index is 12.5. The van der Waals surface area contributed by atoms with Gasteiger partial charge in [0.05, 0.1) is 14.2 Å². The number of hydrogen-bond donors (Lipinski definition) is 0. The Labute approximate surface area is 169 Å². The van der Waals surface area contributed by atoms with Gasteiger partial charge in [-0.05, 0) is 48.5 Å². The lowest BCUT2D eigenvalue weighted by Crippen LogP contribution is -2.29. The Bertz CT molecular complexity index is 922. The highest BCUT2D eigenvalue weighted by atomic mass is 16.5. The van der Waals surface area contributed by atoms with Gasteiger partial charge in [-0.1, -0.05) is 5.16 Å². The Kier molecular flexibility index (Phi) is 6.67. The van der Waals surface area contributed by atoms with E-state index < -0.39 is 0 Å². The van der Waals surface area contributed by atoms with Gasteiger partial charge in [0.1, 0.15) is 17.2 Å². The zero-order chi connectivity index (χ0) is 20.6. The Morgan fingerprint density at radius 1 is 0.966 bits per heavy atom. The molecule has 1 amide bonds. The van der Waals surface area contributed by atoms with Crippen molar-refractivity contribution in [3.05, 3.63) is 65.8 Å². The van der Waals surface area contributed by atoms with Crippen LogP contribution >= 0.6 is 0 Å². The maximum Gasteiger partial charge on any atom is 0.264 e. The number of aromatic nitrogens is 2. The molecule has 152 valence electrons. The first-order chi connectivity index (χ1) is 14.1. The summed E-state index contributed by atoms with van der Waals surface area (Å²) in [5.74, 6) is 2.95. The minimum Gasteiger partial charge on any atom is -0.497 e. The van der Waals surface area contributed by atoms with Gasteiger partial charge in [0, 0.05) is 25.6 Å². The van der Waals surface area contributed by atoms with E-state index in [2.05, 4.69) is 10.1 Å². The predicted octanol–water partition coefficient (Wildman–Crippen LogP) is 2.98. The van der Waals surface area contributed by atoms with E-state index in [4.69, 9.17) is 18.7 Å². The summed E-state index contributed by atoms with van der Waals surface area (Å²) < 4.78 is 21.0. The fourth-order valence-electron chi connectivity index (χ4n) is 2.59. The number of hydrogen-bond acceptors (Lipinski definition) is 7. The van der Waals surface area contributed by atoms with Crippen molar-refractivity contribution in [3.63, 3.8) is 0 Å². The van der Waals surface area contributed by atoms with Crippen LogP contribution in [0.5, 0.6) is 17.2 Å². The normalized spacial score (nSPS) is 10.4. The van der Waals surface area contributed by atoms with Crippen LogP contribution in [0.25, 0.3) is 0 Å². The van der Waals surface area contributed by atoms with Gasteiger partial charge in [0.15, 0.2) is 12.4 Å². The summed E-state index contributed by atoms with van der Waals surface area (Å²) in [5, 5.41) is 3.94. The highest BCUT2D eigenvalue weighted by Crippen LogP contribution is 2.18. The summed E-state index contributed by atoms with van der Waals surface area (Å²) in [6.07, 6.45) is 0.477. The van der Waals surface area contributed by atoms with E-state index in [0.717, 1.165) is 5.75 Å². The molecular formula is C21H23N3O5. The first-order valence-corrected chi connectivity index (χ1v) is 9.07. The number of carbonyl (C=O) groups is 1. The molecule has 0 unspecified atom stereocenters. The Balaban J connectivity index is 1.48. The van der Waals surface area contributed by atoms with Gasteiger partial charge in [0.25, 0.3) is 11.8 Å². The van der Waals surface area contributed by atoms with Crippen LogP contribution < -0.4 is 14.2 Å². The van der Waals surface area contributed by atoms with Crippen LogP contribution in [0.4, 0.5) is 0 Å². The Hall–Kier alpha value is -3.55. The minimum atomic E-state index is -0.0841. The van der Waals surface area contributed by atoms with Gasteiger partial charge in [-0.2, -0.15) is 4.98 Å². The number of carbonyl (C=O) groups excluding carboxylic acids is 1. The third-order valence-electron chi connectivity index (χ3n) is 4.29. The highest BCUT2D eigenvalue weighted by Gasteiger charge is 2.14. The molecule has 0 N–H and O–H groups in total. The van der Waals surface area contributed by atoms with Gasteiger partial charge in [-0.25, -0.2) is 0 Å². The molecule has 2 aromatic carbocycles. The molecule has 3 aromatic rings. The van der Waals surface area contributed by atoms with E-state index in [-0.39, 0.29) is 12.5 Å². The zero-order valence-corrected chi connectivity index (χ0v) is 16.6. The summed E-state index contributed by atoms with van der Waals surface area (Å²) in [5.41, 5.74) is 0.593. The number of ether oxygens (including phenoxy) is 3. The van der Waals surface area contributed by atoms with Gasteiger partial charge in [-0.3, -0.25) is 4.79 Å². The van der Waals surface area contributed by atoms with Crippen LogP contribution in [-0.4, -0.2) is 48.8 Å². The average Bonchev–Trinajstić information content (AvgIpc) is 3.23. The van der Waals surface area contributed by atoms with Crippen LogP contribution in [-0.2, 0) is 13.0 Å². The first-order valence-electron chi connectivity index (χ1n) is 9.07. The van der Waals surface area contributed by atoms with E-state index in [0.29, 0.717) is 41.7 Å². The molecule has 0 saturated carbocycles. The first kappa shape index (κ1) is 20.2. The van der Waals surface area contributed by atoms with E-state index in [9.17, 15) is 4.79 Å². The zero-order valence-electron chi connectivity index (χ0n) is 16.6. The number of nitrogens with zero attached hydrogens (tertiary/aromatic N) is 3. The molecule has 1 heterocycles. The molecule has 0 bridgehead atoms. The lowest BCUT2D eigenvalue weighted by molar-refractivity contribution is 0.0795. The highest BCUT2D eigenvalue weighted by molar-refractivity contribution is 5.94. The molecule has 0 aliphatic rings. The molecular weight excluding hydrogens is 374 g/mol. The number of methoxy groups -OCH3 is 2. The summed E-state index contributed by atoms with van der Waals surface area (Å²) in [7, 11) is 4.93. The van der Waals surface area contributed by atoms with Gasteiger partial charge in [-0.15, -0.1) is 0 Å². The third-order valence-corrected chi connectivity index (χ3v) is 4.29. The van der Waals surface area contributed by atoms with Crippen molar-refractivity contribution in [2.45, 2.75) is 13.0 Å². The molecule has 8 heteroatoms. The fraction of sp³-hybridized carbons (Fsp3) is 0.286. The number of likely N-dealkylation sites (N-methyl/N-ethyl adjacent to an activating group) is 1. The van der Waals surface area contributed by atoms with Crippen molar-refractivity contribution >= 4 is 5.91 Å². The smallest absolute Gasteiger partial charge is 0.264 e. The summed E-state index contributed by atoms with van der Waals surface area (Å²) >= 11 is 0. The minimum absolute atomic E-state index is 0.0841. The van der Waals surface area contributed by atoms with E-state index in [1.807, 2.05) is 12.1 Å². The number of amides is 1. The molecule has 0 aliphatic carbocycles. The van der Waals surface area contributed by atoms with Gasteiger partial charge < -0.3 is 23.6 Å². The van der Waals surface area contributed by atoms with Gasteiger partial charge in [0.2, 0.25) is 0 Å². The average molecular weight is 397 g/mol. The number of rotatable bonds is 9. The number of benzene rings is 2. The lowest BCUT2D eigenvalue weighted by atomic mass is 10.2. The Morgan fingerprint density at radius 2 is 1.55 bits per heavy atom. The van der Waals surface area contributed by atoms with Crippen molar-refractivity contribution in [1.29, 1.82) is 0 Å². The SMILES string of the molecule is COc1ccc(OCc2nc(CCN(C)C(=O)c3ccc(OC)cc3)no2)cc1. The van der Waals surface area contributed by atoms with E-state index in [1.165, 1.54) is 0 Å². The van der Waals surface area contributed by atoms with Crippen LogP contribution in [0.3, 0.4) is 0 Å². The van der Waals surface area contributed by atoms with Crippen molar-refractivity contribution in [2.24, 2.45) is 0 Å². The second kappa shape index (κ2) is 9.59. The summed E-state index contributed by atoms with van der Waals surface area (Å²) in [4.78, 5) is 18.4. The van der Waals surface area contributed by atoms with E-state index >= 15 is 0 Å². The maximum atomic E-state index is 12.5. The molecule has 0 atom stereocenters. The molecule has 0 spiro atoms. The summed E-state index contributed by atoms with van der Waals surface area (Å²) in [6, 6.07) is 14.2.